The zero-order valence-electron chi connectivity index (χ0n) is 18.2. The Bertz CT molecular complexity index is 1130. The molecule has 10 heteroatoms. The average molecular weight is 458 g/mol. The maximum atomic E-state index is 14.1. The maximum absolute atomic E-state index is 14.1. The Balaban J connectivity index is 1.85. The van der Waals surface area contributed by atoms with Crippen molar-refractivity contribution in [3.05, 3.63) is 71.3 Å². The molecule has 7 nitrogen and oxygen atoms in total. The topological polar surface area (TPSA) is 100.0 Å². The van der Waals surface area contributed by atoms with E-state index in [0.29, 0.717) is 31.6 Å². The fraction of sp³-hybridized carbons (Fsp3) is 0.348. The molecule has 2 aromatic rings. The van der Waals surface area contributed by atoms with Crippen LogP contribution in [0.25, 0.3) is 0 Å². The molecule has 0 atom stereocenters. The minimum absolute atomic E-state index is 0.0967. The fourth-order valence-electron chi connectivity index (χ4n) is 3.97. The number of piperidine rings is 1. The van der Waals surface area contributed by atoms with Crippen molar-refractivity contribution in [1.29, 1.82) is 5.26 Å². The van der Waals surface area contributed by atoms with Crippen LogP contribution in [0.1, 0.15) is 42.1 Å². The summed E-state index contributed by atoms with van der Waals surface area (Å²) in [6.07, 6.45) is 5.80. The molecule has 0 saturated carbocycles. The van der Waals surface area contributed by atoms with Crippen LogP contribution in [0.4, 0.5) is 19.0 Å². The second-order valence-corrected chi connectivity index (χ2v) is 7.93. The first-order valence-electron chi connectivity index (χ1n) is 10.4. The van der Waals surface area contributed by atoms with Gasteiger partial charge in [-0.15, -0.1) is 0 Å². The minimum atomic E-state index is -1.19. The number of amides is 1. The first-order chi connectivity index (χ1) is 15.7. The number of carbonyl (C=O) groups is 1. The molecule has 0 bridgehead atoms. The predicted molar refractivity (Wildman–Crippen MR) is 117 cm³/mol. The summed E-state index contributed by atoms with van der Waals surface area (Å²) < 4.78 is 43.3. The van der Waals surface area contributed by atoms with E-state index in [4.69, 9.17) is 5.73 Å². The molecule has 174 valence electrons. The minimum Gasteiger partial charge on any atom is -0.365 e. The quantitative estimate of drug-likeness (QED) is 0.463. The Hall–Kier alpha value is -3.58. The number of carbonyl (C=O) groups excluding carboxylic acids is 1. The second kappa shape index (κ2) is 9.92. The first-order valence-corrected chi connectivity index (χ1v) is 10.4. The molecule has 1 saturated heterocycles. The molecule has 1 aromatic carbocycles. The number of aromatic nitrogens is 2. The Morgan fingerprint density at radius 2 is 2.00 bits per heavy atom. The van der Waals surface area contributed by atoms with Crippen molar-refractivity contribution in [2.45, 2.75) is 38.3 Å². The zero-order chi connectivity index (χ0) is 24.2. The lowest BCUT2D eigenvalue weighted by Crippen LogP contribution is -2.46. The van der Waals surface area contributed by atoms with E-state index in [1.807, 2.05) is 0 Å². The molecule has 1 aliphatic rings. The van der Waals surface area contributed by atoms with Crippen molar-refractivity contribution < 1.29 is 18.0 Å². The average Bonchev–Trinajstić information content (AvgIpc) is 3.24. The van der Waals surface area contributed by atoms with Gasteiger partial charge in [0.15, 0.2) is 17.5 Å². The zero-order valence-corrected chi connectivity index (χ0v) is 18.2. The number of rotatable bonds is 8. The van der Waals surface area contributed by atoms with Crippen LogP contribution >= 0.6 is 0 Å². The fourth-order valence-corrected chi connectivity index (χ4v) is 3.97. The lowest BCUT2D eigenvalue weighted by Gasteiger charge is -2.40. The van der Waals surface area contributed by atoms with Gasteiger partial charge in [0.25, 0.3) is 5.91 Å². The summed E-state index contributed by atoms with van der Waals surface area (Å²) in [5.41, 5.74) is 5.26. The first kappa shape index (κ1) is 24.1. The normalized spacial score (nSPS) is 16.3. The largest absolute Gasteiger partial charge is 0.365 e. The molecular formula is C23H25F3N6O. The highest BCUT2D eigenvalue weighted by atomic mass is 19.2. The highest BCUT2D eigenvalue weighted by Crippen LogP contribution is 2.35. The summed E-state index contributed by atoms with van der Waals surface area (Å²) >= 11 is 0. The SMILES string of the molecule is C=C/C(=C\C)Nc1nn(C2(CC#N)CCN(Cc3c(F)ccc(F)c3F)CC2)cc1C(N)=O. The number of primary amides is 1. The molecule has 1 aliphatic heterocycles. The van der Waals surface area contributed by atoms with Crippen LogP contribution in [-0.4, -0.2) is 33.7 Å². The molecule has 1 amide bonds. The van der Waals surface area contributed by atoms with Crippen molar-refractivity contribution in [1.82, 2.24) is 14.7 Å². The van der Waals surface area contributed by atoms with Gasteiger partial charge >= 0.3 is 0 Å². The molecule has 0 aliphatic carbocycles. The molecule has 33 heavy (non-hydrogen) atoms. The number of allylic oxidation sites excluding steroid dienone is 2. The molecule has 1 fully saturated rings. The van der Waals surface area contributed by atoms with Crippen molar-refractivity contribution in [2.24, 2.45) is 5.73 Å². The number of nitrogens with zero attached hydrogens (tertiary/aromatic N) is 4. The van der Waals surface area contributed by atoms with E-state index in [1.54, 1.807) is 28.7 Å². The Morgan fingerprint density at radius 1 is 1.33 bits per heavy atom. The molecule has 0 spiro atoms. The second-order valence-electron chi connectivity index (χ2n) is 7.93. The van der Waals surface area contributed by atoms with E-state index in [2.05, 4.69) is 23.1 Å². The lowest BCUT2D eigenvalue weighted by atomic mass is 9.84. The van der Waals surface area contributed by atoms with Crippen molar-refractivity contribution in [3.8, 4) is 6.07 Å². The van der Waals surface area contributed by atoms with E-state index in [1.165, 1.54) is 6.20 Å². The van der Waals surface area contributed by atoms with Crippen molar-refractivity contribution in [2.75, 3.05) is 18.4 Å². The van der Waals surface area contributed by atoms with Gasteiger partial charge in [-0.25, -0.2) is 13.2 Å². The van der Waals surface area contributed by atoms with Crippen LogP contribution in [0.2, 0.25) is 0 Å². The molecule has 2 heterocycles. The summed E-state index contributed by atoms with van der Waals surface area (Å²) in [6.45, 7) is 6.17. The molecule has 3 N–H and O–H groups in total. The number of nitrogens with one attached hydrogen (secondary N) is 1. The van der Waals surface area contributed by atoms with Gasteiger partial charge < -0.3 is 11.1 Å². The van der Waals surface area contributed by atoms with Crippen molar-refractivity contribution >= 4 is 11.7 Å². The number of benzene rings is 1. The number of likely N-dealkylation sites (tertiary alicyclic amines) is 1. The van der Waals surface area contributed by atoms with Gasteiger partial charge in [0.05, 0.1) is 18.0 Å². The van der Waals surface area contributed by atoms with Gasteiger partial charge in [-0.05, 0) is 38.0 Å². The highest BCUT2D eigenvalue weighted by Gasteiger charge is 2.38. The third-order valence-electron chi connectivity index (χ3n) is 5.97. The number of anilines is 1. The number of hydrogen-bond acceptors (Lipinski definition) is 5. The number of nitriles is 1. The molecule has 1 aromatic heterocycles. The van der Waals surface area contributed by atoms with Gasteiger partial charge in [-0.2, -0.15) is 10.4 Å². The smallest absolute Gasteiger partial charge is 0.254 e. The van der Waals surface area contributed by atoms with Crippen LogP contribution in [0.3, 0.4) is 0 Å². The van der Waals surface area contributed by atoms with Crippen molar-refractivity contribution in [3.63, 3.8) is 0 Å². The third kappa shape index (κ3) is 4.93. The maximum Gasteiger partial charge on any atom is 0.254 e. The van der Waals surface area contributed by atoms with Gasteiger partial charge in [0.1, 0.15) is 11.4 Å². The van der Waals surface area contributed by atoms with Gasteiger partial charge in [-0.3, -0.25) is 14.4 Å². The monoisotopic (exact) mass is 458 g/mol. The van der Waals surface area contributed by atoms with E-state index in [-0.39, 0.29) is 29.9 Å². The predicted octanol–water partition coefficient (Wildman–Crippen LogP) is 3.81. The van der Waals surface area contributed by atoms with Crippen LogP contribution in [0.5, 0.6) is 0 Å². The van der Waals surface area contributed by atoms with Gasteiger partial charge in [0, 0.05) is 37.1 Å². The molecule has 0 unspecified atom stereocenters. The number of halogens is 3. The van der Waals surface area contributed by atoms with Crippen LogP contribution < -0.4 is 11.1 Å². The number of nitrogens with two attached hydrogens (primary N) is 1. The van der Waals surface area contributed by atoms with E-state index in [0.717, 1.165) is 12.1 Å². The summed E-state index contributed by atoms with van der Waals surface area (Å²) in [5.74, 6) is -3.53. The standard InChI is InChI=1S/C23H25F3N6O/c1-3-15(4-2)29-22-17(21(28)33)14-32(30-22)23(7-10-27)8-11-31(12-9-23)13-16-18(24)5-6-19(25)20(16)26/h3-6,14H,1,7-9,11-13H2,2H3,(H2,28,33)(H,29,30)/b15-4+. The van der Waals surface area contributed by atoms with Crippen LogP contribution in [0, 0.1) is 28.8 Å². The summed E-state index contributed by atoms with van der Waals surface area (Å²) in [7, 11) is 0. The molecular weight excluding hydrogens is 433 g/mol. The molecule has 0 radical (unpaired) electrons. The van der Waals surface area contributed by atoms with Crippen LogP contribution in [-0.2, 0) is 12.1 Å². The van der Waals surface area contributed by atoms with E-state index >= 15 is 0 Å². The van der Waals surface area contributed by atoms with E-state index in [9.17, 15) is 23.2 Å². The van der Waals surface area contributed by atoms with Gasteiger partial charge in [0.2, 0.25) is 0 Å². The van der Waals surface area contributed by atoms with Gasteiger partial charge in [-0.1, -0.05) is 12.7 Å². The highest BCUT2D eigenvalue weighted by molar-refractivity contribution is 5.97. The summed E-state index contributed by atoms with van der Waals surface area (Å²) in [5, 5.41) is 17.0. The summed E-state index contributed by atoms with van der Waals surface area (Å²) in [6, 6.07) is 3.84. The molecule has 3 rings (SSSR count). The van der Waals surface area contributed by atoms with E-state index < -0.39 is 28.9 Å². The van der Waals surface area contributed by atoms with Crippen LogP contribution in [0.15, 0.2) is 42.8 Å². The third-order valence-corrected chi connectivity index (χ3v) is 5.97. The lowest BCUT2D eigenvalue weighted by molar-refractivity contribution is 0.0953. The summed E-state index contributed by atoms with van der Waals surface area (Å²) in [4.78, 5) is 13.8. The Labute approximate surface area is 190 Å². The number of hydrogen-bond donors (Lipinski definition) is 2. The Kier molecular flexibility index (Phi) is 7.23. The Morgan fingerprint density at radius 3 is 2.58 bits per heavy atom.